The molecule has 0 radical (unpaired) electrons. The summed E-state index contributed by atoms with van der Waals surface area (Å²) in [5.41, 5.74) is -0.580. The Kier molecular flexibility index (Phi) is 29.6. The molecular formula is C37H72O4. The van der Waals surface area contributed by atoms with E-state index in [4.69, 9.17) is 5.11 Å². The average molecular weight is 581 g/mol. The third-order valence-corrected chi connectivity index (χ3v) is 9.27. The van der Waals surface area contributed by atoms with Crippen molar-refractivity contribution in [3.05, 3.63) is 0 Å². The first-order valence-electron chi connectivity index (χ1n) is 18.4. The Bertz CT molecular complexity index is 545. The molecule has 0 spiro atoms. The van der Waals surface area contributed by atoms with Gasteiger partial charge >= 0.3 is 11.9 Å². The second-order valence-electron chi connectivity index (χ2n) is 13.2. The fourth-order valence-corrected chi connectivity index (χ4v) is 6.40. The van der Waals surface area contributed by atoms with E-state index in [0.717, 1.165) is 64.2 Å². The third kappa shape index (κ3) is 26.3. The van der Waals surface area contributed by atoms with Crippen molar-refractivity contribution >= 4 is 11.9 Å². The SMILES string of the molecule is CCCCCCCCCCCCCCC(CCCCCCCCCCCCCC)(CCCCCCC(=O)O)C(=O)O. The highest BCUT2D eigenvalue weighted by Gasteiger charge is 2.36. The van der Waals surface area contributed by atoms with Gasteiger partial charge in [-0.15, -0.1) is 0 Å². The van der Waals surface area contributed by atoms with E-state index in [1.165, 1.54) is 128 Å². The van der Waals surface area contributed by atoms with Crippen molar-refractivity contribution in [2.24, 2.45) is 5.41 Å². The largest absolute Gasteiger partial charge is 0.481 e. The maximum Gasteiger partial charge on any atom is 0.309 e. The van der Waals surface area contributed by atoms with E-state index in [2.05, 4.69) is 13.8 Å². The Labute approximate surface area is 256 Å². The zero-order chi connectivity index (χ0) is 30.3. The second-order valence-corrected chi connectivity index (χ2v) is 13.2. The predicted molar refractivity (Wildman–Crippen MR) is 177 cm³/mol. The molecule has 0 heterocycles. The molecule has 2 N–H and O–H groups in total. The van der Waals surface area contributed by atoms with Gasteiger partial charge in [0.25, 0.3) is 0 Å². The molecular weight excluding hydrogens is 508 g/mol. The van der Waals surface area contributed by atoms with Gasteiger partial charge in [-0.1, -0.05) is 187 Å². The summed E-state index contributed by atoms with van der Waals surface area (Å²) in [5, 5.41) is 19.3. The lowest BCUT2D eigenvalue weighted by molar-refractivity contribution is -0.150. The summed E-state index contributed by atoms with van der Waals surface area (Å²) < 4.78 is 0. The van der Waals surface area contributed by atoms with E-state index in [1.807, 2.05) is 0 Å². The monoisotopic (exact) mass is 581 g/mol. The molecule has 0 aromatic rings. The fourth-order valence-electron chi connectivity index (χ4n) is 6.40. The fraction of sp³-hybridized carbons (Fsp3) is 0.946. The summed E-state index contributed by atoms with van der Waals surface area (Å²) in [4.78, 5) is 23.4. The van der Waals surface area contributed by atoms with Crippen molar-refractivity contribution in [2.75, 3.05) is 0 Å². The molecule has 0 aromatic heterocycles. The van der Waals surface area contributed by atoms with Gasteiger partial charge in [-0.2, -0.15) is 0 Å². The van der Waals surface area contributed by atoms with Crippen LogP contribution in [0.4, 0.5) is 0 Å². The van der Waals surface area contributed by atoms with Crippen molar-refractivity contribution in [3.8, 4) is 0 Å². The van der Waals surface area contributed by atoms with Crippen LogP contribution in [-0.4, -0.2) is 22.2 Å². The highest BCUT2D eigenvalue weighted by atomic mass is 16.4. The predicted octanol–water partition coefficient (Wildman–Crippen LogP) is 12.7. The standard InChI is InChI=1S/C37H72O4/c1-3-5-7-9-11-13-15-17-19-21-24-28-32-37(36(40)41,34-30-26-23-27-31-35(38)39)33-29-25-22-20-18-16-14-12-10-8-6-4-2/h3-34H2,1-2H3,(H,38,39)(H,40,41). The number of rotatable bonds is 34. The maximum absolute atomic E-state index is 12.6. The molecule has 0 aliphatic heterocycles. The van der Waals surface area contributed by atoms with Crippen LogP contribution in [0.2, 0.25) is 0 Å². The summed E-state index contributed by atoms with van der Waals surface area (Å²) in [6.45, 7) is 4.54. The number of hydrogen-bond donors (Lipinski definition) is 2. The van der Waals surface area contributed by atoms with E-state index in [0.29, 0.717) is 6.42 Å². The van der Waals surface area contributed by atoms with E-state index < -0.39 is 17.4 Å². The summed E-state index contributed by atoms with van der Waals surface area (Å²) in [5.74, 6) is -1.32. The first-order chi connectivity index (χ1) is 20.0. The van der Waals surface area contributed by atoms with Crippen molar-refractivity contribution in [2.45, 2.75) is 219 Å². The summed E-state index contributed by atoms with van der Waals surface area (Å²) in [6, 6.07) is 0. The topological polar surface area (TPSA) is 74.6 Å². The summed E-state index contributed by atoms with van der Waals surface area (Å²) in [6.07, 6.45) is 37.3. The van der Waals surface area contributed by atoms with Crippen molar-refractivity contribution in [3.63, 3.8) is 0 Å². The number of aliphatic carboxylic acids is 2. The van der Waals surface area contributed by atoms with Gasteiger partial charge in [0.2, 0.25) is 0 Å². The minimum atomic E-state index is -0.733. The maximum atomic E-state index is 12.6. The lowest BCUT2D eigenvalue weighted by atomic mass is 9.74. The van der Waals surface area contributed by atoms with Crippen LogP contribution in [0.1, 0.15) is 219 Å². The van der Waals surface area contributed by atoms with Crippen LogP contribution in [0.3, 0.4) is 0 Å². The molecule has 244 valence electrons. The molecule has 0 aromatic carbocycles. The van der Waals surface area contributed by atoms with Crippen LogP contribution < -0.4 is 0 Å². The minimum Gasteiger partial charge on any atom is -0.481 e. The number of carboxylic acids is 2. The van der Waals surface area contributed by atoms with Crippen LogP contribution in [0.25, 0.3) is 0 Å². The van der Waals surface area contributed by atoms with Crippen molar-refractivity contribution < 1.29 is 19.8 Å². The normalized spacial score (nSPS) is 11.8. The highest BCUT2D eigenvalue weighted by molar-refractivity contribution is 5.74. The van der Waals surface area contributed by atoms with Gasteiger partial charge in [0, 0.05) is 6.42 Å². The molecule has 0 atom stereocenters. The van der Waals surface area contributed by atoms with Gasteiger partial charge < -0.3 is 10.2 Å². The molecule has 4 heteroatoms. The molecule has 0 aliphatic carbocycles. The van der Waals surface area contributed by atoms with Gasteiger partial charge in [-0.05, 0) is 25.7 Å². The first-order valence-corrected chi connectivity index (χ1v) is 18.4. The van der Waals surface area contributed by atoms with Gasteiger partial charge in [0.15, 0.2) is 0 Å². The van der Waals surface area contributed by atoms with Crippen LogP contribution in [0.15, 0.2) is 0 Å². The Morgan fingerprint density at radius 2 is 0.634 bits per heavy atom. The molecule has 0 saturated carbocycles. The lowest BCUT2D eigenvalue weighted by Crippen LogP contribution is -2.31. The van der Waals surface area contributed by atoms with Crippen LogP contribution in [0, 0.1) is 5.41 Å². The van der Waals surface area contributed by atoms with E-state index in [-0.39, 0.29) is 6.42 Å². The molecule has 0 amide bonds. The van der Waals surface area contributed by atoms with Crippen molar-refractivity contribution in [1.82, 2.24) is 0 Å². The summed E-state index contributed by atoms with van der Waals surface area (Å²) in [7, 11) is 0. The van der Waals surface area contributed by atoms with E-state index in [1.54, 1.807) is 0 Å². The average Bonchev–Trinajstić information content (AvgIpc) is 2.95. The van der Waals surface area contributed by atoms with Gasteiger partial charge in [0.1, 0.15) is 0 Å². The Hall–Kier alpha value is -1.06. The zero-order valence-corrected chi connectivity index (χ0v) is 27.8. The van der Waals surface area contributed by atoms with Crippen molar-refractivity contribution in [1.29, 1.82) is 0 Å². The molecule has 41 heavy (non-hydrogen) atoms. The number of carbonyl (C=O) groups is 2. The van der Waals surface area contributed by atoms with Crippen LogP contribution in [0.5, 0.6) is 0 Å². The van der Waals surface area contributed by atoms with E-state index >= 15 is 0 Å². The number of hydrogen-bond acceptors (Lipinski definition) is 2. The number of unbranched alkanes of at least 4 members (excludes halogenated alkanes) is 25. The molecule has 0 aliphatic rings. The first kappa shape index (κ1) is 39.9. The Morgan fingerprint density at radius 3 is 0.878 bits per heavy atom. The minimum absolute atomic E-state index is 0.224. The van der Waals surface area contributed by atoms with Crippen LogP contribution in [-0.2, 0) is 9.59 Å². The van der Waals surface area contributed by atoms with Gasteiger partial charge in [-0.3, -0.25) is 9.59 Å². The molecule has 0 rings (SSSR count). The van der Waals surface area contributed by atoms with Gasteiger partial charge in [-0.25, -0.2) is 0 Å². The Morgan fingerprint density at radius 1 is 0.390 bits per heavy atom. The second kappa shape index (κ2) is 30.4. The number of carboxylic acid groups (broad SMARTS) is 2. The highest BCUT2D eigenvalue weighted by Crippen LogP contribution is 2.38. The molecule has 4 nitrogen and oxygen atoms in total. The van der Waals surface area contributed by atoms with Gasteiger partial charge in [0.05, 0.1) is 5.41 Å². The van der Waals surface area contributed by atoms with Crippen LogP contribution >= 0.6 is 0 Å². The lowest BCUT2D eigenvalue weighted by Gasteiger charge is -2.30. The smallest absolute Gasteiger partial charge is 0.309 e. The molecule has 0 saturated heterocycles. The zero-order valence-electron chi connectivity index (χ0n) is 27.8. The molecule has 0 bridgehead atoms. The third-order valence-electron chi connectivity index (χ3n) is 9.27. The molecule has 0 fully saturated rings. The quantitative estimate of drug-likeness (QED) is 0.0742. The van der Waals surface area contributed by atoms with E-state index in [9.17, 15) is 14.7 Å². The molecule has 0 unspecified atom stereocenters. The summed E-state index contributed by atoms with van der Waals surface area (Å²) >= 11 is 0. The Balaban J connectivity index is 4.33.